The van der Waals surface area contributed by atoms with Gasteiger partial charge in [-0.05, 0) is 45.0 Å². The van der Waals surface area contributed by atoms with Gasteiger partial charge in [-0.1, -0.05) is 18.2 Å². The molecule has 3 aromatic rings. The zero-order chi connectivity index (χ0) is 19.2. The van der Waals surface area contributed by atoms with E-state index in [1.165, 1.54) is 0 Å². The Kier molecular flexibility index (Phi) is 5.76. The van der Waals surface area contributed by atoms with Crippen molar-refractivity contribution in [2.24, 2.45) is 0 Å². The molecule has 0 saturated carbocycles. The summed E-state index contributed by atoms with van der Waals surface area (Å²) in [7, 11) is 0. The highest BCUT2D eigenvalue weighted by Gasteiger charge is 2.19. The van der Waals surface area contributed by atoms with Gasteiger partial charge in [-0.15, -0.1) is 0 Å². The van der Waals surface area contributed by atoms with E-state index in [9.17, 15) is 4.79 Å². The standard InChI is InChI=1S/C21H22N2O4/c1-4-25-16-11-12-18(26-5-2)17(13-16)22-20(24)19-14(3)27-21(23-19)15-9-7-6-8-10-15/h6-13H,4-5H2,1-3H3,(H,22,24). The highest BCUT2D eigenvalue weighted by Crippen LogP contribution is 2.30. The van der Waals surface area contributed by atoms with Crippen LogP contribution in [0.5, 0.6) is 11.5 Å². The maximum absolute atomic E-state index is 12.8. The molecule has 0 fully saturated rings. The number of aromatic nitrogens is 1. The number of nitrogens with one attached hydrogen (secondary N) is 1. The Morgan fingerprint density at radius 1 is 1.07 bits per heavy atom. The van der Waals surface area contributed by atoms with Gasteiger partial charge in [0.1, 0.15) is 17.3 Å². The molecule has 1 amide bonds. The molecule has 0 unspecified atom stereocenters. The number of aryl methyl sites for hydroxylation is 1. The van der Waals surface area contributed by atoms with Crippen molar-refractivity contribution in [2.45, 2.75) is 20.8 Å². The molecule has 6 nitrogen and oxygen atoms in total. The average Bonchev–Trinajstić information content (AvgIpc) is 3.07. The molecule has 1 N–H and O–H groups in total. The second kappa shape index (κ2) is 8.40. The van der Waals surface area contributed by atoms with Gasteiger partial charge in [0.25, 0.3) is 5.91 Å². The monoisotopic (exact) mass is 366 g/mol. The highest BCUT2D eigenvalue weighted by molar-refractivity contribution is 6.04. The molecule has 1 heterocycles. The first-order valence-corrected chi connectivity index (χ1v) is 8.86. The first kappa shape index (κ1) is 18.5. The SMILES string of the molecule is CCOc1ccc(OCC)c(NC(=O)c2nc(-c3ccccc3)oc2C)c1. The maximum atomic E-state index is 12.8. The smallest absolute Gasteiger partial charge is 0.278 e. The highest BCUT2D eigenvalue weighted by atomic mass is 16.5. The second-order valence-electron chi connectivity index (χ2n) is 5.77. The van der Waals surface area contributed by atoms with Crippen molar-refractivity contribution in [3.63, 3.8) is 0 Å². The van der Waals surface area contributed by atoms with Gasteiger partial charge in [0.2, 0.25) is 5.89 Å². The van der Waals surface area contributed by atoms with E-state index in [1.54, 1.807) is 25.1 Å². The number of benzene rings is 2. The van der Waals surface area contributed by atoms with E-state index >= 15 is 0 Å². The van der Waals surface area contributed by atoms with Crippen LogP contribution in [0.4, 0.5) is 5.69 Å². The molecule has 0 radical (unpaired) electrons. The van der Waals surface area contributed by atoms with Crippen LogP contribution >= 0.6 is 0 Å². The summed E-state index contributed by atoms with van der Waals surface area (Å²) in [5, 5.41) is 2.85. The largest absolute Gasteiger partial charge is 0.494 e. The summed E-state index contributed by atoms with van der Waals surface area (Å²) in [6.07, 6.45) is 0. The molecular formula is C21H22N2O4. The summed E-state index contributed by atoms with van der Waals surface area (Å²) in [4.78, 5) is 17.1. The lowest BCUT2D eigenvalue weighted by molar-refractivity contribution is 0.102. The number of nitrogens with zero attached hydrogens (tertiary/aromatic N) is 1. The normalized spacial score (nSPS) is 10.5. The van der Waals surface area contributed by atoms with Crippen LogP contribution in [0.1, 0.15) is 30.1 Å². The number of oxazole rings is 1. The van der Waals surface area contributed by atoms with Crippen LogP contribution < -0.4 is 14.8 Å². The van der Waals surface area contributed by atoms with Gasteiger partial charge in [0.15, 0.2) is 5.69 Å². The average molecular weight is 366 g/mol. The second-order valence-corrected chi connectivity index (χ2v) is 5.77. The van der Waals surface area contributed by atoms with Gasteiger partial charge in [-0.3, -0.25) is 4.79 Å². The van der Waals surface area contributed by atoms with E-state index in [0.717, 1.165) is 5.56 Å². The van der Waals surface area contributed by atoms with Crippen molar-refractivity contribution in [3.05, 3.63) is 60.0 Å². The predicted molar refractivity (Wildman–Crippen MR) is 103 cm³/mol. The molecule has 6 heteroatoms. The van der Waals surface area contributed by atoms with Gasteiger partial charge in [-0.2, -0.15) is 0 Å². The van der Waals surface area contributed by atoms with Crippen molar-refractivity contribution in [2.75, 3.05) is 18.5 Å². The van der Waals surface area contributed by atoms with Gasteiger partial charge >= 0.3 is 0 Å². The first-order chi connectivity index (χ1) is 13.1. The summed E-state index contributed by atoms with van der Waals surface area (Å²) in [5.74, 6) is 1.71. The molecule has 140 valence electrons. The van der Waals surface area contributed by atoms with E-state index in [2.05, 4.69) is 10.3 Å². The first-order valence-electron chi connectivity index (χ1n) is 8.86. The predicted octanol–water partition coefficient (Wildman–Crippen LogP) is 4.70. The van der Waals surface area contributed by atoms with Crippen LogP contribution in [-0.4, -0.2) is 24.1 Å². The Bertz CT molecular complexity index is 919. The van der Waals surface area contributed by atoms with E-state index < -0.39 is 0 Å². The number of hydrogen-bond acceptors (Lipinski definition) is 5. The number of anilines is 1. The van der Waals surface area contributed by atoms with Crippen LogP contribution in [0.25, 0.3) is 11.5 Å². The Labute approximate surface area is 158 Å². The number of carbonyl (C=O) groups is 1. The number of carbonyl (C=O) groups excluding carboxylic acids is 1. The van der Waals surface area contributed by atoms with Crippen molar-refractivity contribution in [3.8, 4) is 23.0 Å². The van der Waals surface area contributed by atoms with Crippen LogP contribution in [-0.2, 0) is 0 Å². The molecule has 2 aromatic carbocycles. The zero-order valence-electron chi connectivity index (χ0n) is 15.6. The van der Waals surface area contributed by atoms with Crippen molar-refractivity contribution in [1.29, 1.82) is 0 Å². The lowest BCUT2D eigenvalue weighted by Crippen LogP contribution is -2.14. The Hall–Kier alpha value is -3.28. The quantitative estimate of drug-likeness (QED) is 0.656. The van der Waals surface area contributed by atoms with Crippen molar-refractivity contribution in [1.82, 2.24) is 4.98 Å². The molecular weight excluding hydrogens is 344 g/mol. The van der Waals surface area contributed by atoms with E-state index in [-0.39, 0.29) is 11.6 Å². The van der Waals surface area contributed by atoms with Crippen LogP contribution in [0.3, 0.4) is 0 Å². The van der Waals surface area contributed by atoms with Crippen LogP contribution in [0, 0.1) is 6.92 Å². The fourth-order valence-electron chi connectivity index (χ4n) is 2.64. The fraction of sp³-hybridized carbons (Fsp3) is 0.238. The molecule has 1 aromatic heterocycles. The molecule has 27 heavy (non-hydrogen) atoms. The van der Waals surface area contributed by atoms with E-state index in [0.29, 0.717) is 42.1 Å². The lowest BCUT2D eigenvalue weighted by atomic mass is 10.2. The van der Waals surface area contributed by atoms with Crippen LogP contribution in [0.15, 0.2) is 52.9 Å². The molecule has 0 bridgehead atoms. The minimum atomic E-state index is -0.368. The molecule has 0 aliphatic carbocycles. The molecule has 0 atom stereocenters. The minimum absolute atomic E-state index is 0.234. The third-order valence-corrected chi connectivity index (χ3v) is 3.84. The summed E-state index contributed by atoms with van der Waals surface area (Å²) in [6.45, 7) is 6.52. The number of ether oxygens (including phenoxy) is 2. The number of amides is 1. The Balaban J connectivity index is 1.87. The fourth-order valence-corrected chi connectivity index (χ4v) is 2.64. The molecule has 3 rings (SSSR count). The third-order valence-electron chi connectivity index (χ3n) is 3.84. The van der Waals surface area contributed by atoms with Crippen molar-refractivity contribution >= 4 is 11.6 Å². The van der Waals surface area contributed by atoms with Crippen LogP contribution in [0.2, 0.25) is 0 Å². The summed E-state index contributed by atoms with van der Waals surface area (Å²) in [6, 6.07) is 14.8. The van der Waals surface area contributed by atoms with Gasteiger partial charge < -0.3 is 19.2 Å². The van der Waals surface area contributed by atoms with Gasteiger partial charge in [0.05, 0.1) is 18.9 Å². The number of rotatable bonds is 7. The topological polar surface area (TPSA) is 73.6 Å². The van der Waals surface area contributed by atoms with Gasteiger partial charge in [-0.25, -0.2) is 4.98 Å². The Morgan fingerprint density at radius 2 is 1.81 bits per heavy atom. The van der Waals surface area contributed by atoms with E-state index in [4.69, 9.17) is 13.9 Å². The summed E-state index contributed by atoms with van der Waals surface area (Å²) >= 11 is 0. The van der Waals surface area contributed by atoms with Gasteiger partial charge in [0, 0.05) is 11.6 Å². The summed E-state index contributed by atoms with van der Waals surface area (Å²) in [5.41, 5.74) is 1.57. The lowest BCUT2D eigenvalue weighted by Gasteiger charge is -2.13. The van der Waals surface area contributed by atoms with Crippen molar-refractivity contribution < 1.29 is 18.7 Å². The molecule has 0 aliphatic rings. The summed E-state index contributed by atoms with van der Waals surface area (Å²) < 4.78 is 16.8. The molecule has 0 aliphatic heterocycles. The van der Waals surface area contributed by atoms with E-state index in [1.807, 2.05) is 44.2 Å². The number of hydrogen-bond donors (Lipinski definition) is 1. The molecule has 0 saturated heterocycles. The Morgan fingerprint density at radius 3 is 2.52 bits per heavy atom. The third kappa shape index (κ3) is 4.28. The zero-order valence-corrected chi connectivity index (χ0v) is 15.6. The minimum Gasteiger partial charge on any atom is -0.494 e. The maximum Gasteiger partial charge on any atom is 0.278 e. The molecule has 0 spiro atoms.